The maximum Gasteiger partial charge on any atom is 0.308 e. The van der Waals surface area contributed by atoms with Crippen LogP contribution in [0, 0.1) is 0 Å². The highest BCUT2D eigenvalue weighted by molar-refractivity contribution is 5.76. The lowest BCUT2D eigenvalue weighted by atomic mass is 10.2. The minimum Gasteiger partial charge on any atom is -0.463 e. The molecule has 2 unspecified atom stereocenters. The second kappa shape index (κ2) is 6.37. The van der Waals surface area contributed by atoms with Crippen molar-refractivity contribution in [1.29, 1.82) is 0 Å². The van der Waals surface area contributed by atoms with Crippen LogP contribution in [0.15, 0.2) is 0 Å². The van der Waals surface area contributed by atoms with Crippen LogP contribution in [0.5, 0.6) is 0 Å². The lowest BCUT2D eigenvalue weighted by Gasteiger charge is -2.12. The highest BCUT2D eigenvalue weighted by atomic mass is 16.5. The molecule has 1 amide bonds. The Kier molecular flexibility index (Phi) is 5.87. The molecular formula is C9H17NO4. The molecule has 0 heterocycles. The largest absolute Gasteiger partial charge is 0.463 e. The molecule has 0 rings (SSSR count). The van der Waals surface area contributed by atoms with E-state index in [9.17, 15) is 14.7 Å². The summed E-state index contributed by atoms with van der Waals surface area (Å²) >= 11 is 0. The molecule has 0 aliphatic carbocycles. The van der Waals surface area contributed by atoms with Crippen molar-refractivity contribution >= 4 is 11.9 Å². The predicted octanol–water partition coefficient (Wildman–Crippen LogP) is -0.0455. The average Bonchev–Trinajstić information content (AvgIpc) is 2.01. The summed E-state index contributed by atoms with van der Waals surface area (Å²) in [5.41, 5.74) is 4.85. The van der Waals surface area contributed by atoms with E-state index in [1.54, 1.807) is 6.92 Å². The summed E-state index contributed by atoms with van der Waals surface area (Å²) in [4.78, 5) is 21.4. The molecule has 0 spiro atoms. The van der Waals surface area contributed by atoms with E-state index >= 15 is 0 Å². The van der Waals surface area contributed by atoms with Crippen LogP contribution in [0.1, 0.15) is 33.1 Å². The number of primary amides is 1. The Labute approximate surface area is 83.2 Å². The second-order valence-corrected chi connectivity index (χ2v) is 3.24. The van der Waals surface area contributed by atoms with Crippen molar-refractivity contribution in [1.82, 2.24) is 0 Å². The van der Waals surface area contributed by atoms with Crippen LogP contribution < -0.4 is 5.73 Å². The van der Waals surface area contributed by atoms with Crippen LogP contribution in [0.4, 0.5) is 0 Å². The standard InChI is InChI=1S/C9H17NO4/c1-3-6(2)14-9(13)5-7(11)4-8(10)12/h6-7,11H,3-5H2,1-2H3,(H2,10,12). The van der Waals surface area contributed by atoms with E-state index in [0.29, 0.717) is 0 Å². The quantitative estimate of drug-likeness (QED) is 0.592. The first-order valence-electron chi connectivity index (χ1n) is 4.61. The first kappa shape index (κ1) is 12.9. The molecule has 82 valence electrons. The van der Waals surface area contributed by atoms with Crippen molar-refractivity contribution in [3.05, 3.63) is 0 Å². The zero-order valence-corrected chi connectivity index (χ0v) is 8.53. The molecule has 0 aliphatic heterocycles. The molecule has 3 N–H and O–H groups in total. The summed E-state index contributed by atoms with van der Waals surface area (Å²) in [6, 6.07) is 0. The number of ether oxygens (including phenoxy) is 1. The Hall–Kier alpha value is -1.10. The minimum absolute atomic E-state index is 0.164. The van der Waals surface area contributed by atoms with Crippen molar-refractivity contribution in [2.75, 3.05) is 0 Å². The van der Waals surface area contributed by atoms with E-state index < -0.39 is 18.0 Å². The van der Waals surface area contributed by atoms with Crippen molar-refractivity contribution in [3.8, 4) is 0 Å². The molecule has 0 aliphatic rings. The lowest BCUT2D eigenvalue weighted by molar-refractivity contribution is -0.150. The van der Waals surface area contributed by atoms with E-state index in [2.05, 4.69) is 0 Å². The van der Waals surface area contributed by atoms with Crippen molar-refractivity contribution in [2.45, 2.75) is 45.3 Å². The molecule has 5 nitrogen and oxygen atoms in total. The van der Waals surface area contributed by atoms with Gasteiger partial charge in [0.15, 0.2) is 0 Å². The van der Waals surface area contributed by atoms with Gasteiger partial charge in [0.2, 0.25) is 5.91 Å². The molecule has 0 aromatic rings. The molecular weight excluding hydrogens is 186 g/mol. The molecule has 2 atom stereocenters. The van der Waals surface area contributed by atoms with Crippen LogP contribution >= 0.6 is 0 Å². The van der Waals surface area contributed by atoms with Gasteiger partial charge in [-0.25, -0.2) is 0 Å². The van der Waals surface area contributed by atoms with E-state index in [1.165, 1.54) is 0 Å². The Morgan fingerprint density at radius 2 is 2.00 bits per heavy atom. The van der Waals surface area contributed by atoms with E-state index in [1.807, 2.05) is 6.92 Å². The van der Waals surface area contributed by atoms with Crippen molar-refractivity contribution in [3.63, 3.8) is 0 Å². The summed E-state index contributed by atoms with van der Waals surface area (Å²) in [6.07, 6.45) is -0.882. The third-order valence-corrected chi connectivity index (χ3v) is 1.75. The fourth-order valence-electron chi connectivity index (χ4n) is 0.853. The van der Waals surface area contributed by atoms with Crippen LogP contribution in [-0.2, 0) is 14.3 Å². The number of amides is 1. The SMILES string of the molecule is CCC(C)OC(=O)CC(O)CC(N)=O. The number of carbonyl (C=O) groups is 2. The highest BCUT2D eigenvalue weighted by Crippen LogP contribution is 2.03. The number of rotatable bonds is 6. The summed E-state index contributed by atoms with van der Waals surface area (Å²) < 4.78 is 4.90. The second-order valence-electron chi connectivity index (χ2n) is 3.24. The van der Waals surface area contributed by atoms with E-state index in [0.717, 1.165) is 6.42 Å². The molecule has 0 saturated carbocycles. The van der Waals surface area contributed by atoms with Crippen molar-refractivity contribution < 1.29 is 19.4 Å². The normalized spacial score (nSPS) is 14.5. The number of hydrogen-bond acceptors (Lipinski definition) is 4. The van der Waals surface area contributed by atoms with Gasteiger partial charge in [-0.1, -0.05) is 6.92 Å². The summed E-state index contributed by atoms with van der Waals surface area (Å²) in [6.45, 7) is 3.65. The third kappa shape index (κ3) is 6.42. The van der Waals surface area contributed by atoms with Crippen LogP contribution in [0.25, 0.3) is 0 Å². The Morgan fingerprint density at radius 1 is 1.43 bits per heavy atom. The van der Waals surface area contributed by atoms with Gasteiger partial charge in [0.05, 0.1) is 25.0 Å². The average molecular weight is 203 g/mol. The number of nitrogens with two attached hydrogens (primary N) is 1. The number of hydrogen-bond donors (Lipinski definition) is 2. The fourth-order valence-corrected chi connectivity index (χ4v) is 0.853. The van der Waals surface area contributed by atoms with Crippen LogP contribution in [0.2, 0.25) is 0 Å². The zero-order chi connectivity index (χ0) is 11.1. The first-order chi connectivity index (χ1) is 6.45. The van der Waals surface area contributed by atoms with Gasteiger partial charge in [0.25, 0.3) is 0 Å². The van der Waals surface area contributed by atoms with Gasteiger partial charge in [0.1, 0.15) is 0 Å². The summed E-state index contributed by atoms with van der Waals surface area (Å²) in [7, 11) is 0. The zero-order valence-electron chi connectivity index (χ0n) is 8.53. The monoisotopic (exact) mass is 203 g/mol. The Bertz CT molecular complexity index is 205. The maximum atomic E-state index is 11.1. The molecule has 0 fully saturated rings. The highest BCUT2D eigenvalue weighted by Gasteiger charge is 2.15. The first-order valence-corrected chi connectivity index (χ1v) is 4.61. The third-order valence-electron chi connectivity index (χ3n) is 1.75. The molecule has 0 saturated heterocycles. The smallest absolute Gasteiger partial charge is 0.308 e. The Morgan fingerprint density at radius 3 is 2.43 bits per heavy atom. The topological polar surface area (TPSA) is 89.6 Å². The molecule has 0 radical (unpaired) electrons. The van der Waals surface area contributed by atoms with Gasteiger partial charge >= 0.3 is 5.97 Å². The number of aliphatic hydroxyl groups excluding tert-OH is 1. The van der Waals surface area contributed by atoms with Crippen molar-refractivity contribution in [2.24, 2.45) is 5.73 Å². The number of carbonyl (C=O) groups excluding carboxylic acids is 2. The van der Waals surface area contributed by atoms with Gasteiger partial charge in [0, 0.05) is 0 Å². The fraction of sp³-hybridized carbons (Fsp3) is 0.778. The molecule has 0 aromatic carbocycles. The van der Waals surface area contributed by atoms with Gasteiger partial charge in [-0.05, 0) is 13.3 Å². The van der Waals surface area contributed by atoms with Gasteiger partial charge in [-0.3, -0.25) is 9.59 Å². The van der Waals surface area contributed by atoms with Gasteiger partial charge in [-0.15, -0.1) is 0 Å². The molecule has 0 bridgehead atoms. The van der Waals surface area contributed by atoms with Gasteiger partial charge < -0.3 is 15.6 Å². The van der Waals surface area contributed by atoms with Crippen LogP contribution in [-0.4, -0.2) is 29.2 Å². The van der Waals surface area contributed by atoms with E-state index in [4.69, 9.17) is 10.5 Å². The lowest BCUT2D eigenvalue weighted by Crippen LogP contribution is -2.24. The maximum absolute atomic E-state index is 11.1. The van der Waals surface area contributed by atoms with Gasteiger partial charge in [-0.2, -0.15) is 0 Å². The Balaban J connectivity index is 3.76. The number of esters is 1. The summed E-state index contributed by atoms with van der Waals surface area (Å²) in [5.74, 6) is -1.14. The summed E-state index contributed by atoms with van der Waals surface area (Å²) in [5, 5.41) is 9.17. The van der Waals surface area contributed by atoms with E-state index in [-0.39, 0.29) is 18.9 Å². The molecule has 0 aromatic heterocycles. The minimum atomic E-state index is -1.04. The number of aliphatic hydroxyl groups is 1. The molecule has 14 heavy (non-hydrogen) atoms. The predicted molar refractivity (Wildman–Crippen MR) is 50.3 cm³/mol. The van der Waals surface area contributed by atoms with Crippen LogP contribution in [0.3, 0.4) is 0 Å². The molecule has 5 heteroatoms.